The Morgan fingerprint density at radius 2 is 1.89 bits per heavy atom. The number of nitrogens with one attached hydrogen (secondary N) is 1. The number of benzene rings is 1. The van der Waals surface area contributed by atoms with Crippen LogP contribution in [0.1, 0.15) is 46.1 Å². The first-order valence-corrected chi connectivity index (χ1v) is 7.02. The summed E-state index contributed by atoms with van der Waals surface area (Å²) in [4.78, 5) is 0. The molecule has 0 radical (unpaired) electrons. The Morgan fingerprint density at radius 1 is 1.21 bits per heavy atom. The lowest BCUT2D eigenvalue weighted by Crippen LogP contribution is -2.41. The number of hydrogen-bond acceptors (Lipinski definition) is 1. The van der Waals surface area contributed by atoms with Crippen LogP contribution in [0.2, 0.25) is 0 Å². The first-order chi connectivity index (χ1) is 8.84. The van der Waals surface area contributed by atoms with Crippen LogP contribution in [0.25, 0.3) is 0 Å². The van der Waals surface area contributed by atoms with Crippen molar-refractivity contribution in [2.75, 3.05) is 6.54 Å². The van der Waals surface area contributed by atoms with E-state index in [4.69, 9.17) is 0 Å². The Bertz CT molecular complexity index is 396. The van der Waals surface area contributed by atoms with Gasteiger partial charge >= 0.3 is 0 Å². The molecule has 0 spiro atoms. The zero-order valence-corrected chi connectivity index (χ0v) is 12.4. The van der Waals surface area contributed by atoms with Crippen LogP contribution in [0.3, 0.4) is 0 Å². The highest BCUT2D eigenvalue weighted by Crippen LogP contribution is 2.24. The van der Waals surface area contributed by atoms with E-state index in [0.717, 1.165) is 25.5 Å². The van der Waals surface area contributed by atoms with Gasteiger partial charge in [-0.05, 0) is 42.9 Å². The van der Waals surface area contributed by atoms with Gasteiger partial charge in [0.15, 0.2) is 0 Å². The van der Waals surface area contributed by atoms with Crippen molar-refractivity contribution in [3.8, 4) is 0 Å². The zero-order chi connectivity index (χ0) is 14.5. The van der Waals surface area contributed by atoms with E-state index in [1.54, 1.807) is 6.07 Å². The minimum atomic E-state index is -0.516. The quantitative estimate of drug-likeness (QED) is 0.811. The second kappa shape index (κ2) is 6.99. The van der Waals surface area contributed by atoms with E-state index >= 15 is 0 Å². The van der Waals surface area contributed by atoms with E-state index in [-0.39, 0.29) is 5.41 Å². The predicted molar refractivity (Wildman–Crippen MR) is 76.2 cm³/mol. The molecule has 0 aliphatic heterocycles. The number of rotatable bonds is 6. The maximum Gasteiger partial charge on any atom is 0.129 e. The van der Waals surface area contributed by atoms with Crippen LogP contribution in [0.5, 0.6) is 0 Å². The lowest BCUT2D eigenvalue weighted by Gasteiger charge is -2.32. The van der Waals surface area contributed by atoms with Crippen LogP contribution in [0, 0.1) is 17.0 Å². The lowest BCUT2D eigenvalue weighted by molar-refractivity contribution is 0.254. The monoisotopic (exact) mass is 269 g/mol. The molecule has 0 aromatic heterocycles. The van der Waals surface area contributed by atoms with Gasteiger partial charge < -0.3 is 5.32 Å². The molecule has 108 valence electrons. The van der Waals surface area contributed by atoms with E-state index in [1.165, 1.54) is 6.07 Å². The molecule has 1 N–H and O–H groups in total. The average Bonchev–Trinajstić information content (AvgIpc) is 2.29. The van der Waals surface area contributed by atoms with E-state index in [1.807, 2.05) is 0 Å². The molecule has 1 nitrogen and oxygen atoms in total. The summed E-state index contributed by atoms with van der Waals surface area (Å²) in [5.74, 6) is -0.958. The molecular weight excluding hydrogens is 244 g/mol. The Morgan fingerprint density at radius 3 is 2.42 bits per heavy atom. The smallest absolute Gasteiger partial charge is 0.129 e. The van der Waals surface area contributed by atoms with Gasteiger partial charge in [-0.3, -0.25) is 0 Å². The van der Waals surface area contributed by atoms with E-state index in [2.05, 4.69) is 33.0 Å². The fourth-order valence-electron chi connectivity index (χ4n) is 2.18. The van der Waals surface area contributed by atoms with Crippen LogP contribution in [0.15, 0.2) is 18.2 Å². The van der Waals surface area contributed by atoms with Gasteiger partial charge in [0, 0.05) is 12.1 Å². The Kier molecular flexibility index (Phi) is 5.92. The van der Waals surface area contributed by atoms with Crippen molar-refractivity contribution in [1.82, 2.24) is 5.32 Å². The summed E-state index contributed by atoms with van der Waals surface area (Å²) in [5.41, 5.74) is 0.722. The highest BCUT2D eigenvalue weighted by atomic mass is 19.1. The van der Waals surface area contributed by atoms with Gasteiger partial charge in [-0.15, -0.1) is 0 Å². The van der Waals surface area contributed by atoms with E-state index in [9.17, 15) is 8.78 Å². The Hall–Kier alpha value is -0.960. The van der Waals surface area contributed by atoms with Crippen molar-refractivity contribution in [2.45, 2.75) is 53.0 Å². The Balaban J connectivity index is 2.65. The molecule has 1 aromatic carbocycles. The molecule has 0 saturated carbocycles. The van der Waals surface area contributed by atoms with Crippen molar-refractivity contribution in [2.24, 2.45) is 5.41 Å². The molecule has 1 atom stereocenters. The fourth-order valence-corrected chi connectivity index (χ4v) is 2.18. The summed E-state index contributed by atoms with van der Waals surface area (Å²) < 4.78 is 26.4. The van der Waals surface area contributed by atoms with Gasteiger partial charge in [0.1, 0.15) is 11.6 Å². The van der Waals surface area contributed by atoms with Crippen molar-refractivity contribution in [3.05, 3.63) is 35.4 Å². The summed E-state index contributed by atoms with van der Waals surface area (Å²) in [6, 6.07) is 4.16. The minimum Gasteiger partial charge on any atom is -0.313 e. The molecule has 0 fully saturated rings. The number of halogens is 2. The van der Waals surface area contributed by atoms with Crippen molar-refractivity contribution < 1.29 is 8.78 Å². The molecule has 1 rings (SSSR count). The third kappa shape index (κ3) is 5.27. The highest BCUT2D eigenvalue weighted by molar-refractivity contribution is 5.18. The van der Waals surface area contributed by atoms with Gasteiger partial charge in [0.05, 0.1) is 0 Å². The largest absolute Gasteiger partial charge is 0.313 e. The van der Waals surface area contributed by atoms with E-state index < -0.39 is 11.6 Å². The average molecular weight is 269 g/mol. The van der Waals surface area contributed by atoms with Gasteiger partial charge in [0.25, 0.3) is 0 Å². The first kappa shape index (κ1) is 16.1. The standard InChI is InChI=1S/C16H25F2N/c1-5-10-19-15(16(2,3)4)9-7-12-6-8-13(17)11-14(12)18/h6,8,11,15,19H,5,7,9-10H2,1-4H3. The zero-order valence-electron chi connectivity index (χ0n) is 12.4. The van der Waals surface area contributed by atoms with Crippen LogP contribution in [0.4, 0.5) is 8.78 Å². The highest BCUT2D eigenvalue weighted by Gasteiger charge is 2.23. The number of aryl methyl sites for hydroxylation is 1. The molecule has 3 heteroatoms. The first-order valence-electron chi connectivity index (χ1n) is 7.02. The maximum atomic E-state index is 13.6. The van der Waals surface area contributed by atoms with Gasteiger partial charge in [-0.1, -0.05) is 33.8 Å². The van der Waals surface area contributed by atoms with Gasteiger partial charge in [-0.25, -0.2) is 8.78 Å². The molecule has 0 aliphatic carbocycles. The summed E-state index contributed by atoms with van der Waals surface area (Å²) in [6.45, 7) is 9.64. The third-order valence-corrected chi connectivity index (χ3v) is 3.40. The lowest BCUT2D eigenvalue weighted by atomic mass is 9.83. The molecule has 1 aromatic rings. The van der Waals surface area contributed by atoms with Crippen LogP contribution >= 0.6 is 0 Å². The van der Waals surface area contributed by atoms with Crippen molar-refractivity contribution in [1.29, 1.82) is 0 Å². The van der Waals surface area contributed by atoms with Crippen molar-refractivity contribution in [3.63, 3.8) is 0 Å². The third-order valence-electron chi connectivity index (χ3n) is 3.40. The molecule has 0 saturated heterocycles. The second-order valence-corrected chi connectivity index (χ2v) is 6.15. The summed E-state index contributed by atoms with van der Waals surface area (Å²) >= 11 is 0. The minimum absolute atomic E-state index is 0.131. The molecule has 0 amide bonds. The molecule has 1 unspecified atom stereocenters. The molecule has 19 heavy (non-hydrogen) atoms. The maximum absolute atomic E-state index is 13.6. The molecule has 0 aliphatic rings. The predicted octanol–water partition coefficient (Wildman–Crippen LogP) is 4.31. The van der Waals surface area contributed by atoms with Crippen LogP contribution in [-0.4, -0.2) is 12.6 Å². The van der Waals surface area contributed by atoms with Crippen LogP contribution in [-0.2, 0) is 6.42 Å². The fraction of sp³-hybridized carbons (Fsp3) is 0.625. The molecular formula is C16H25F2N. The van der Waals surface area contributed by atoms with Gasteiger partial charge in [-0.2, -0.15) is 0 Å². The number of hydrogen-bond donors (Lipinski definition) is 1. The topological polar surface area (TPSA) is 12.0 Å². The molecule has 0 heterocycles. The van der Waals surface area contributed by atoms with Crippen molar-refractivity contribution >= 4 is 0 Å². The van der Waals surface area contributed by atoms with Crippen LogP contribution < -0.4 is 5.32 Å². The van der Waals surface area contributed by atoms with Gasteiger partial charge in [0.2, 0.25) is 0 Å². The SMILES string of the molecule is CCCNC(CCc1ccc(F)cc1F)C(C)(C)C. The van der Waals surface area contributed by atoms with E-state index in [0.29, 0.717) is 18.0 Å². The molecule has 0 bridgehead atoms. The summed E-state index contributed by atoms with van der Waals surface area (Å²) in [6.07, 6.45) is 2.56. The Labute approximate surface area is 115 Å². The summed E-state index contributed by atoms with van der Waals surface area (Å²) in [7, 11) is 0. The second-order valence-electron chi connectivity index (χ2n) is 6.15. The summed E-state index contributed by atoms with van der Waals surface area (Å²) in [5, 5.41) is 3.51. The normalized spacial score (nSPS) is 13.6.